The van der Waals surface area contributed by atoms with Crippen LogP contribution in [0, 0.1) is 13.8 Å². The Bertz CT molecular complexity index is 576. The van der Waals surface area contributed by atoms with Crippen molar-refractivity contribution in [3.05, 3.63) is 23.3 Å². The average Bonchev–Trinajstić information content (AvgIpc) is 2.69. The van der Waals surface area contributed by atoms with Gasteiger partial charge in [-0.05, 0) is 43.9 Å². The second-order valence-electron chi connectivity index (χ2n) is 5.39. The van der Waals surface area contributed by atoms with Crippen LogP contribution < -0.4 is 10.5 Å². The van der Waals surface area contributed by atoms with Gasteiger partial charge in [0.15, 0.2) is 0 Å². The van der Waals surface area contributed by atoms with E-state index in [-0.39, 0.29) is 0 Å². The maximum Gasteiger partial charge on any atom is 0.301 e. The molecule has 1 aromatic carbocycles. The Labute approximate surface area is 121 Å². The lowest BCUT2D eigenvalue weighted by molar-refractivity contribution is 0.427. The van der Waals surface area contributed by atoms with E-state index in [0.29, 0.717) is 24.5 Å². The third-order valence-electron chi connectivity index (χ3n) is 3.85. The molecule has 20 heavy (non-hydrogen) atoms. The van der Waals surface area contributed by atoms with Crippen LogP contribution in [0.3, 0.4) is 0 Å². The van der Waals surface area contributed by atoms with Gasteiger partial charge in [-0.3, -0.25) is 4.72 Å². The molecule has 2 rings (SSSR count). The summed E-state index contributed by atoms with van der Waals surface area (Å²) in [5.41, 5.74) is 8.74. The molecular formula is C14H23N3O2S. The van der Waals surface area contributed by atoms with Gasteiger partial charge in [0, 0.05) is 18.8 Å². The third-order valence-corrected chi connectivity index (χ3v) is 5.36. The van der Waals surface area contributed by atoms with Crippen molar-refractivity contribution in [3.8, 4) is 0 Å². The lowest BCUT2D eigenvalue weighted by Crippen LogP contribution is -2.36. The van der Waals surface area contributed by atoms with Gasteiger partial charge in [-0.25, -0.2) is 0 Å². The monoisotopic (exact) mass is 297 g/mol. The van der Waals surface area contributed by atoms with E-state index in [1.54, 1.807) is 10.4 Å². The SMILES string of the molecule is Cc1ccc(N)c(C)c1NS(=O)(=O)N1CCCCCC1. The second-order valence-corrected chi connectivity index (χ2v) is 7.06. The molecule has 1 aliphatic heterocycles. The first-order valence-electron chi connectivity index (χ1n) is 7.05. The highest BCUT2D eigenvalue weighted by Crippen LogP contribution is 2.27. The van der Waals surface area contributed by atoms with Gasteiger partial charge in [-0.15, -0.1) is 0 Å². The Morgan fingerprint density at radius 2 is 1.70 bits per heavy atom. The molecule has 6 heteroatoms. The normalized spacial score (nSPS) is 17.7. The quantitative estimate of drug-likeness (QED) is 0.841. The summed E-state index contributed by atoms with van der Waals surface area (Å²) in [6.45, 7) is 4.90. The number of hydrogen-bond acceptors (Lipinski definition) is 3. The molecule has 0 amide bonds. The Morgan fingerprint density at radius 3 is 2.30 bits per heavy atom. The minimum atomic E-state index is -3.49. The van der Waals surface area contributed by atoms with Gasteiger partial charge in [0.25, 0.3) is 0 Å². The molecule has 3 N–H and O–H groups in total. The molecule has 1 heterocycles. The molecule has 5 nitrogen and oxygen atoms in total. The van der Waals surface area contributed by atoms with Crippen LogP contribution in [-0.2, 0) is 10.2 Å². The van der Waals surface area contributed by atoms with Crippen LogP contribution in [0.25, 0.3) is 0 Å². The maximum absolute atomic E-state index is 12.5. The van der Waals surface area contributed by atoms with Crippen LogP contribution in [0.15, 0.2) is 12.1 Å². The maximum atomic E-state index is 12.5. The fourth-order valence-corrected chi connectivity index (χ4v) is 3.94. The zero-order valence-corrected chi connectivity index (χ0v) is 13.0. The number of benzene rings is 1. The van der Waals surface area contributed by atoms with E-state index in [1.807, 2.05) is 19.9 Å². The first kappa shape index (κ1) is 15.1. The van der Waals surface area contributed by atoms with Crippen LogP contribution >= 0.6 is 0 Å². The van der Waals surface area contributed by atoms with E-state index in [2.05, 4.69) is 4.72 Å². The minimum Gasteiger partial charge on any atom is -0.398 e. The van der Waals surface area contributed by atoms with Crippen LogP contribution in [0.1, 0.15) is 36.8 Å². The second kappa shape index (κ2) is 6.01. The fourth-order valence-electron chi connectivity index (χ4n) is 2.50. The molecule has 1 fully saturated rings. The number of rotatable bonds is 3. The summed E-state index contributed by atoms with van der Waals surface area (Å²) < 4.78 is 29.3. The molecule has 0 spiro atoms. The Morgan fingerprint density at radius 1 is 1.10 bits per heavy atom. The molecule has 0 aliphatic carbocycles. The molecule has 112 valence electrons. The average molecular weight is 297 g/mol. The number of nitrogen functional groups attached to an aromatic ring is 1. The first-order chi connectivity index (χ1) is 9.42. The number of nitrogens with one attached hydrogen (secondary N) is 1. The van der Waals surface area contributed by atoms with Crippen molar-refractivity contribution in [3.63, 3.8) is 0 Å². The highest BCUT2D eigenvalue weighted by molar-refractivity contribution is 7.90. The molecule has 1 saturated heterocycles. The van der Waals surface area contributed by atoms with E-state index in [0.717, 1.165) is 36.8 Å². The number of aryl methyl sites for hydroxylation is 1. The summed E-state index contributed by atoms with van der Waals surface area (Å²) in [5.74, 6) is 0. The lowest BCUT2D eigenvalue weighted by Gasteiger charge is -2.22. The van der Waals surface area contributed by atoms with Gasteiger partial charge >= 0.3 is 10.2 Å². The van der Waals surface area contributed by atoms with Crippen LogP contribution in [0.5, 0.6) is 0 Å². The molecule has 0 aromatic heterocycles. The molecule has 0 saturated carbocycles. The van der Waals surface area contributed by atoms with Crippen molar-refractivity contribution in [2.75, 3.05) is 23.5 Å². The number of nitrogens with zero attached hydrogens (tertiary/aromatic N) is 1. The fraction of sp³-hybridized carbons (Fsp3) is 0.571. The molecule has 0 bridgehead atoms. The smallest absolute Gasteiger partial charge is 0.301 e. The Balaban J connectivity index is 2.26. The van der Waals surface area contributed by atoms with Gasteiger partial charge in [0.2, 0.25) is 0 Å². The van der Waals surface area contributed by atoms with Crippen molar-refractivity contribution in [1.29, 1.82) is 0 Å². The molecule has 0 radical (unpaired) electrons. The Hall–Kier alpha value is -1.27. The van der Waals surface area contributed by atoms with Gasteiger partial charge in [-0.2, -0.15) is 12.7 Å². The van der Waals surface area contributed by atoms with Gasteiger partial charge in [-0.1, -0.05) is 18.9 Å². The summed E-state index contributed by atoms with van der Waals surface area (Å²) >= 11 is 0. The minimum absolute atomic E-state index is 0.593. The van der Waals surface area contributed by atoms with Gasteiger partial charge in [0.1, 0.15) is 0 Å². The van der Waals surface area contributed by atoms with E-state index in [9.17, 15) is 8.42 Å². The summed E-state index contributed by atoms with van der Waals surface area (Å²) in [6.07, 6.45) is 4.05. The van der Waals surface area contributed by atoms with Crippen molar-refractivity contribution in [1.82, 2.24) is 4.31 Å². The van der Waals surface area contributed by atoms with E-state index in [1.165, 1.54) is 0 Å². The van der Waals surface area contributed by atoms with Gasteiger partial charge in [0.05, 0.1) is 5.69 Å². The third kappa shape index (κ3) is 3.24. The predicted molar refractivity (Wildman–Crippen MR) is 82.9 cm³/mol. The van der Waals surface area contributed by atoms with Crippen LogP contribution in [0.2, 0.25) is 0 Å². The first-order valence-corrected chi connectivity index (χ1v) is 8.49. The van der Waals surface area contributed by atoms with E-state index < -0.39 is 10.2 Å². The molecular weight excluding hydrogens is 274 g/mol. The lowest BCUT2D eigenvalue weighted by atomic mass is 10.1. The topological polar surface area (TPSA) is 75.4 Å². The van der Waals surface area contributed by atoms with Crippen LogP contribution in [0.4, 0.5) is 11.4 Å². The molecule has 1 aromatic rings. The highest BCUT2D eigenvalue weighted by Gasteiger charge is 2.24. The van der Waals surface area contributed by atoms with E-state index in [4.69, 9.17) is 5.73 Å². The molecule has 1 aliphatic rings. The summed E-state index contributed by atoms with van der Waals surface area (Å²) in [4.78, 5) is 0. The van der Waals surface area contributed by atoms with Crippen molar-refractivity contribution in [2.24, 2.45) is 0 Å². The van der Waals surface area contributed by atoms with Crippen molar-refractivity contribution < 1.29 is 8.42 Å². The Kier molecular flexibility index (Phi) is 4.55. The highest BCUT2D eigenvalue weighted by atomic mass is 32.2. The number of nitrogens with two attached hydrogens (primary N) is 1. The van der Waals surface area contributed by atoms with Crippen molar-refractivity contribution in [2.45, 2.75) is 39.5 Å². The summed E-state index contributed by atoms with van der Waals surface area (Å²) in [5, 5.41) is 0. The molecule has 0 atom stereocenters. The predicted octanol–water partition coefficient (Wildman–Crippen LogP) is 2.42. The summed E-state index contributed by atoms with van der Waals surface area (Å²) in [6, 6.07) is 3.64. The standard InChI is InChI=1S/C14H23N3O2S/c1-11-7-8-13(15)12(2)14(11)16-20(18,19)17-9-5-3-4-6-10-17/h7-8,16H,3-6,9-10,15H2,1-2H3. The summed E-state index contributed by atoms with van der Waals surface area (Å²) in [7, 11) is -3.49. The number of anilines is 2. The zero-order valence-electron chi connectivity index (χ0n) is 12.1. The van der Waals surface area contributed by atoms with Crippen LogP contribution in [-0.4, -0.2) is 25.8 Å². The molecule has 0 unspecified atom stereocenters. The van der Waals surface area contributed by atoms with Crippen molar-refractivity contribution >= 4 is 21.6 Å². The largest absolute Gasteiger partial charge is 0.398 e. The van der Waals surface area contributed by atoms with E-state index >= 15 is 0 Å². The zero-order chi connectivity index (χ0) is 14.8. The number of hydrogen-bond donors (Lipinski definition) is 2. The van der Waals surface area contributed by atoms with Gasteiger partial charge < -0.3 is 5.73 Å².